The number of ether oxygens (including phenoxy) is 1. The summed E-state index contributed by atoms with van der Waals surface area (Å²) in [5.41, 5.74) is 1.48. The summed E-state index contributed by atoms with van der Waals surface area (Å²) in [6, 6.07) is 15.1. The van der Waals surface area contributed by atoms with Crippen molar-refractivity contribution in [2.45, 2.75) is 19.6 Å². The standard InChI is InChI=1S/C16H15FO2/c1-12(19-11-13-5-3-2-4-6-13)16(18)14-7-9-15(17)10-8-14/h2-10,12H,11H2,1H3/t12-/m0/s1. The molecule has 3 heteroatoms. The van der Waals surface area contributed by atoms with Gasteiger partial charge in [-0.1, -0.05) is 30.3 Å². The highest BCUT2D eigenvalue weighted by molar-refractivity contribution is 5.99. The van der Waals surface area contributed by atoms with Gasteiger partial charge in [-0.05, 0) is 36.8 Å². The lowest BCUT2D eigenvalue weighted by Gasteiger charge is -2.12. The number of hydrogen-bond donors (Lipinski definition) is 0. The second kappa shape index (κ2) is 6.25. The van der Waals surface area contributed by atoms with Gasteiger partial charge < -0.3 is 4.74 Å². The van der Waals surface area contributed by atoms with E-state index in [4.69, 9.17) is 4.74 Å². The number of benzene rings is 2. The highest BCUT2D eigenvalue weighted by atomic mass is 19.1. The Morgan fingerprint density at radius 1 is 1.11 bits per heavy atom. The minimum absolute atomic E-state index is 0.143. The molecule has 2 aromatic rings. The van der Waals surface area contributed by atoms with Crippen LogP contribution in [0.3, 0.4) is 0 Å². The Hall–Kier alpha value is -2.00. The molecule has 2 rings (SSSR count). The van der Waals surface area contributed by atoms with Crippen LogP contribution in [0.15, 0.2) is 54.6 Å². The van der Waals surface area contributed by atoms with Crippen LogP contribution in [0.4, 0.5) is 4.39 Å². The van der Waals surface area contributed by atoms with Gasteiger partial charge in [0.15, 0.2) is 5.78 Å². The average Bonchev–Trinajstić information content (AvgIpc) is 2.46. The van der Waals surface area contributed by atoms with Crippen molar-refractivity contribution in [2.75, 3.05) is 0 Å². The maximum Gasteiger partial charge on any atom is 0.191 e. The second-order valence-electron chi connectivity index (χ2n) is 4.31. The van der Waals surface area contributed by atoms with Gasteiger partial charge in [0.1, 0.15) is 11.9 Å². The summed E-state index contributed by atoms with van der Waals surface area (Å²) in [6.07, 6.45) is -0.550. The van der Waals surface area contributed by atoms with Crippen LogP contribution < -0.4 is 0 Å². The summed E-state index contributed by atoms with van der Waals surface area (Å²) in [5.74, 6) is -0.495. The topological polar surface area (TPSA) is 26.3 Å². The second-order valence-corrected chi connectivity index (χ2v) is 4.31. The van der Waals surface area contributed by atoms with Gasteiger partial charge in [0.2, 0.25) is 0 Å². The number of carbonyl (C=O) groups excluding carboxylic acids is 1. The van der Waals surface area contributed by atoms with E-state index in [1.165, 1.54) is 24.3 Å². The Bertz CT molecular complexity index is 534. The van der Waals surface area contributed by atoms with Gasteiger partial charge in [-0.25, -0.2) is 4.39 Å². The summed E-state index contributed by atoms with van der Waals surface area (Å²) in [6.45, 7) is 2.09. The minimum Gasteiger partial charge on any atom is -0.366 e. The highest BCUT2D eigenvalue weighted by Crippen LogP contribution is 2.10. The summed E-state index contributed by atoms with van der Waals surface area (Å²) in [4.78, 5) is 12.0. The van der Waals surface area contributed by atoms with E-state index >= 15 is 0 Å². The summed E-state index contributed by atoms with van der Waals surface area (Å²) in [7, 11) is 0. The molecule has 0 aliphatic rings. The fourth-order valence-electron chi connectivity index (χ4n) is 1.72. The number of hydrogen-bond acceptors (Lipinski definition) is 2. The van der Waals surface area contributed by atoms with Gasteiger partial charge in [0.25, 0.3) is 0 Å². The van der Waals surface area contributed by atoms with E-state index in [2.05, 4.69) is 0 Å². The molecule has 0 aliphatic heterocycles. The molecule has 0 amide bonds. The predicted octanol–water partition coefficient (Wildman–Crippen LogP) is 3.61. The summed E-state index contributed by atoms with van der Waals surface area (Å²) < 4.78 is 18.3. The third-order valence-corrected chi connectivity index (χ3v) is 2.84. The van der Waals surface area contributed by atoms with E-state index in [9.17, 15) is 9.18 Å². The fourth-order valence-corrected chi connectivity index (χ4v) is 1.72. The van der Waals surface area contributed by atoms with E-state index in [0.717, 1.165) is 5.56 Å². The smallest absolute Gasteiger partial charge is 0.191 e. The molecule has 0 N–H and O–H groups in total. The molecule has 0 saturated heterocycles. The van der Waals surface area contributed by atoms with Crippen LogP contribution in [0.2, 0.25) is 0 Å². The Morgan fingerprint density at radius 3 is 2.37 bits per heavy atom. The van der Waals surface area contributed by atoms with Crippen LogP contribution in [0.25, 0.3) is 0 Å². The molecule has 0 aromatic heterocycles. The molecule has 2 aromatic carbocycles. The van der Waals surface area contributed by atoms with E-state index in [0.29, 0.717) is 12.2 Å². The highest BCUT2D eigenvalue weighted by Gasteiger charge is 2.15. The Balaban J connectivity index is 1.94. The lowest BCUT2D eigenvalue weighted by molar-refractivity contribution is 0.0412. The van der Waals surface area contributed by atoms with Crippen molar-refractivity contribution in [3.05, 3.63) is 71.5 Å². The monoisotopic (exact) mass is 258 g/mol. The van der Waals surface area contributed by atoms with Gasteiger partial charge in [-0.15, -0.1) is 0 Å². The third-order valence-electron chi connectivity index (χ3n) is 2.84. The lowest BCUT2D eigenvalue weighted by Crippen LogP contribution is -2.20. The van der Waals surface area contributed by atoms with Crippen molar-refractivity contribution in [2.24, 2.45) is 0 Å². The Labute approximate surface area is 111 Å². The molecule has 0 aliphatic carbocycles. The average molecular weight is 258 g/mol. The van der Waals surface area contributed by atoms with Crippen molar-refractivity contribution >= 4 is 5.78 Å². The van der Waals surface area contributed by atoms with Crippen LogP contribution in [0, 0.1) is 5.82 Å². The normalized spacial score (nSPS) is 12.1. The van der Waals surface area contributed by atoms with Gasteiger partial charge in [0, 0.05) is 5.56 Å². The quantitative estimate of drug-likeness (QED) is 0.766. The van der Waals surface area contributed by atoms with Crippen LogP contribution in [-0.4, -0.2) is 11.9 Å². The largest absolute Gasteiger partial charge is 0.366 e. The predicted molar refractivity (Wildman–Crippen MR) is 71.4 cm³/mol. The van der Waals surface area contributed by atoms with Crippen molar-refractivity contribution in [1.82, 2.24) is 0 Å². The van der Waals surface area contributed by atoms with Crippen molar-refractivity contribution in [3.8, 4) is 0 Å². The van der Waals surface area contributed by atoms with Crippen molar-refractivity contribution < 1.29 is 13.9 Å². The van der Waals surface area contributed by atoms with E-state index in [1.54, 1.807) is 6.92 Å². The number of ketones is 1. The molecule has 0 bridgehead atoms. The maximum atomic E-state index is 12.8. The molecule has 0 fully saturated rings. The number of carbonyl (C=O) groups is 1. The van der Waals surface area contributed by atoms with Crippen LogP contribution in [-0.2, 0) is 11.3 Å². The first kappa shape index (κ1) is 13.4. The zero-order valence-corrected chi connectivity index (χ0v) is 10.7. The molecular weight excluding hydrogens is 243 g/mol. The SMILES string of the molecule is C[C@H](OCc1ccccc1)C(=O)c1ccc(F)cc1. The zero-order chi connectivity index (χ0) is 13.7. The maximum absolute atomic E-state index is 12.8. The first-order valence-electron chi connectivity index (χ1n) is 6.12. The molecule has 0 radical (unpaired) electrons. The Morgan fingerprint density at radius 2 is 1.74 bits per heavy atom. The number of rotatable bonds is 5. The zero-order valence-electron chi connectivity index (χ0n) is 10.7. The molecule has 0 heterocycles. The molecule has 98 valence electrons. The number of Topliss-reactive ketones (excluding diaryl/α,β-unsaturated/α-hetero) is 1. The van der Waals surface area contributed by atoms with E-state index in [-0.39, 0.29) is 11.6 Å². The minimum atomic E-state index is -0.550. The summed E-state index contributed by atoms with van der Waals surface area (Å²) in [5, 5.41) is 0. The van der Waals surface area contributed by atoms with E-state index < -0.39 is 6.10 Å². The molecule has 0 spiro atoms. The van der Waals surface area contributed by atoms with Crippen molar-refractivity contribution in [3.63, 3.8) is 0 Å². The molecule has 0 unspecified atom stereocenters. The van der Waals surface area contributed by atoms with Gasteiger partial charge in [0.05, 0.1) is 6.61 Å². The summed E-state index contributed by atoms with van der Waals surface area (Å²) >= 11 is 0. The van der Waals surface area contributed by atoms with Crippen LogP contribution >= 0.6 is 0 Å². The third kappa shape index (κ3) is 3.73. The molecule has 2 nitrogen and oxygen atoms in total. The van der Waals surface area contributed by atoms with Crippen LogP contribution in [0.5, 0.6) is 0 Å². The van der Waals surface area contributed by atoms with E-state index in [1.807, 2.05) is 30.3 Å². The van der Waals surface area contributed by atoms with Gasteiger partial charge in [-0.3, -0.25) is 4.79 Å². The first-order valence-corrected chi connectivity index (χ1v) is 6.12. The molecular formula is C16H15FO2. The Kier molecular flexibility index (Phi) is 4.42. The van der Waals surface area contributed by atoms with Crippen LogP contribution in [0.1, 0.15) is 22.8 Å². The molecule has 0 saturated carbocycles. The van der Waals surface area contributed by atoms with Gasteiger partial charge in [-0.2, -0.15) is 0 Å². The number of halogens is 1. The van der Waals surface area contributed by atoms with Gasteiger partial charge >= 0.3 is 0 Å². The lowest BCUT2D eigenvalue weighted by atomic mass is 10.1. The molecule has 19 heavy (non-hydrogen) atoms. The molecule has 1 atom stereocenters. The fraction of sp³-hybridized carbons (Fsp3) is 0.188. The first-order chi connectivity index (χ1) is 9.16. The van der Waals surface area contributed by atoms with Crippen molar-refractivity contribution in [1.29, 1.82) is 0 Å².